The highest BCUT2D eigenvalue weighted by Gasteiger charge is 2.18. The van der Waals surface area contributed by atoms with Gasteiger partial charge < -0.3 is 33.6 Å². The number of nitrogens with zero attached hydrogens (tertiary/aromatic N) is 2. The Bertz CT molecular complexity index is 1490. The standard InChI is InChI=1S/C32H37N3O6/c1-6-11-22-14-15-26(27(18-22)37-2)41-17-10-9-16-35-25-13-8-7-12-24(25)34-30(35)21-33-32(36)23-19-28(38-3)31(40-5)29(20-23)39-4/h6-8,11-15,18-20H,9-10,16-17,21H2,1-5H3,(H,33,36)/b11-6+. The predicted molar refractivity (Wildman–Crippen MR) is 159 cm³/mol. The van der Waals surface area contributed by atoms with E-state index in [-0.39, 0.29) is 12.5 Å². The molecule has 216 valence electrons. The molecule has 4 rings (SSSR count). The predicted octanol–water partition coefficient (Wildman–Crippen LogP) is 5.89. The zero-order valence-corrected chi connectivity index (χ0v) is 24.2. The molecule has 4 aromatic rings. The monoisotopic (exact) mass is 559 g/mol. The van der Waals surface area contributed by atoms with E-state index in [0.29, 0.717) is 35.2 Å². The maximum absolute atomic E-state index is 13.1. The molecule has 0 fully saturated rings. The number of hydrogen-bond acceptors (Lipinski definition) is 7. The van der Waals surface area contributed by atoms with Gasteiger partial charge in [0.05, 0.1) is 52.6 Å². The minimum absolute atomic E-state index is 0.260. The molecule has 0 saturated heterocycles. The second kappa shape index (κ2) is 14.1. The van der Waals surface area contributed by atoms with E-state index in [0.717, 1.165) is 47.6 Å². The molecule has 0 saturated carbocycles. The third-order valence-electron chi connectivity index (χ3n) is 6.65. The van der Waals surface area contributed by atoms with E-state index >= 15 is 0 Å². The highest BCUT2D eigenvalue weighted by atomic mass is 16.5. The van der Waals surface area contributed by atoms with Crippen molar-refractivity contribution in [2.24, 2.45) is 0 Å². The lowest BCUT2D eigenvalue weighted by atomic mass is 10.1. The fraction of sp³-hybridized carbons (Fsp3) is 0.312. The minimum Gasteiger partial charge on any atom is -0.493 e. The number of nitrogens with one attached hydrogen (secondary N) is 1. The number of para-hydroxylation sites is 2. The number of allylic oxidation sites excluding steroid dienone is 1. The summed E-state index contributed by atoms with van der Waals surface area (Å²) in [5.41, 5.74) is 3.36. The van der Waals surface area contributed by atoms with Gasteiger partial charge in [-0.15, -0.1) is 0 Å². The molecule has 0 aliphatic rings. The Kier molecular flexibility index (Phi) is 10.1. The van der Waals surface area contributed by atoms with Gasteiger partial charge in [-0.05, 0) is 61.7 Å². The molecule has 0 bridgehead atoms. The Hall–Kier alpha value is -4.66. The average molecular weight is 560 g/mol. The topological polar surface area (TPSA) is 93.1 Å². The van der Waals surface area contributed by atoms with Crippen molar-refractivity contribution in [1.82, 2.24) is 14.9 Å². The lowest BCUT2D eigenvalue weighted by Crippen LogP contribution is -2.25. The number of rotatable bonds is 14. The summed E-state index contributed by atoms with van der Waals surface area (Å²) in [5, 5.41) is 2.99. The number of unbranched alkanes of at least 4 members (excludes halogenated alkanes) is 1. The number of ether oxygens (including phenoxy) is 5. The highest BCUT2D eigenvalue weighted by molar-refractivity contribution is 5.95. The first kappa shape index (κ1) is 29.3. The SMILES string of the molecule is C/C=C/c1ccc(OCCCCn2c(CNC(=O)c3cc(OC)c(OC)c(OC)c3)nc3ccccc32)c(OC)c1. The van der Waals surface area contributed by atoms with Crippen molar-refractivity contribution in [2.75, 3.05) is 35.0 Å². The molecule has 0 aliphatic carbocycles. The number of amides is 1. The van der Waals surface area contributed by atoms with E-state index in [1.165, 1.54) is 21.3 Å². The fourth-order valence-electron chi connectivity index (χ4n) is 4.64. The van der Waals surface area contributed by atoms with E-state index < -0.39 is 0 Å². The Morgan fingerprint density at radius 1 is 0.878 bits per heavy atom. The van der Waals surface area contributed by atoms with Gasteiger partial charge in [-0.1, -0.05) is 30.4 Å². The van der Waals surface area contributed by atoms with Gasteiger partial charge in [0.25, 0.3) is 5.91 Å². The zero-order valence-electron chi connectivity index (χ0n) is 24.2. The Balaban J connectivity index is 1.41. The summed E-state index contributed by atoms with van der Waals surface area (Å²) in [6.45, 7) is 3.53. The first-order valence-corrected chi connectivity index (χ1v) is 13.5. The van der Waals surface area contributed by atoms with Gasteiger partial charge in [0, 0.05) is 12.1 Å². The van der Waals surface area contributed by atoms with Gasteiger partial charge in [-0.2, -0.15) is 0 Å². The second-order valence-corrected chi connectivity index (χ2v) is 9.23. The molecule has 0 radical (unpaired) electrons. The van der Waals surface area contributed by atoms with E-state index in [9.17, 15) is 4.79 Å². The van der Waals surface area contributed by atoms with Crippen molar-refractivity contribution in [1.29, 1.82) is 0 Å². The summed E-state index contributed by atoms with van der Waals surface area (Å²) < 4.78 is 29.8. The molecule has 1 aromatic heterocycles. The lowest BCUT2D eigenvalue weighted by Gasteiger charge is -2.14. The van der Waals surface area contributed by atoms with Crippen LogP contribution in [0.15, 0.2) is 60.7 Å². The van der Waals surface area contributed by atoms with Crippen LogP contribution in [0, 0.1) is 0 Å². The van der Waals surface area contributed by atoms with Gasteiger partial charge >= 0.3 is 0 Å². The molecule has 0 atom stereocenters. The van der Waals surface area contributed by atoms with Crippen LogP contribution in [0.4, 0.5) is 0 Å². The summed E-state index contributed by atoms with van der Waals surface area (Å²) in [7, 11) is 6.21. The third-order valence-corrected chi connectivity index (χ3v) is 6.65. The van der Waals surface area contributed by atoms with Crippen LogP contribution >= 0.6 is 0 Å². The smallest absolute Gasteiger partial charge is 0.251 e. The van der Waals surface area contributed by atoms with Gasteiger partial charge in [0.1, 0.15) is 5.82 Å². The Labute approximate surface area is 240 Å². The van der Waals surface area contributed by atoms with Crippen molar-refractivity contribution in [3.05, 3.63) is 77.6 Å². The number of aryl methyl sites for hydroxylation is 1. The summed E-state index contributed by atoms with van der Waals surface area (Å²) in [6.07, 6.45) is 5.71. The molecule has 0 aliphatic heterocycles. The second-order valence-electron chi connectivity index (χ2n) is 9.23. The normalized spacial score (nSPS) is 11.0. The van der Waals surface area contributed by atoms with Crippen LogP contribution in [-0.2, 0) is 13.1 Å². The third kappa shape index (κ3) is 6.92. The van der Waals surface area contributed by atoms with Crippen molar-refractivity contribution < 1.29 is 28.5 Å². The minimum atomic E-state index is -0.273. The number of aromatic nitrogens is 2. The molecule has 1 heterocycles. The molecule has 1 N–H and O–H groups in total. The number of fused-ring (bicyclic) bond motifs is 1. The van der Waals surface area contributed by atoms with Crippen molar-refractivity contribution in [3.8, 4) is 28.7 Å². The number of imidazole rings is 1. The van der Waals surface area contributed by atoms with Gasteiger partial charge in [-0.3, -0.25) is 4.79 Å². The van der Waals surface area contributed by atoms with Crippen molar-refractivity contribution in [2.45, 2.75) is 32.9 Å². The quantitative estimate of drug-likeness (QED) is 0.193. The van der Waals surface area contributed by atoms with E-state index in [1.807, 2.05) is 61.5 Å². The number of benzene rings is 3. The largest absolute Gasteiger partial charge is 0.493 e. The molecule has 3 aromatic carbocycles. The van der Waals surface area contributed by atoms with E-state index in [2.05, 4.69) is 9.88 Å². The summed E-state index contributed by atoms with van der Waals surface area (Å²) >= 11 is 0. The maximum Gasteiger partial charge on any atom is 0.251 e. The number of hydrogen-bond donors (Lipinski definition) is 1. The zero-order chi connectivity index (χ0) is 29.2. The first-order chi connectivity index (χ1) is 20.0. The lowest BCUT2D eigenvalue weighted by molar-refractivity contribution is 0.0948. The number of carbonyl (C=O) groups is 1. The van der Waals surface area contributed by atoms with Crippen LogP contribution < -0.4 is 29.0 Å². The van der Waals surface area contributed by atoms with Crippen LogP contribution in [0.3, 0.4) is 0 Å². The summed E-state index contributed by atoms with van der Waals surface area (Å²) in [6, 6.07) is 17.1. The van der Waals surface area contributed by atoms with Crippen LogP contribution in [0.25, 0.3) is 17.1 Å². The van der Waals surface area contributed by atoms with Crippen LogP contribution in [0.5, 0.6) is 28.7 Å². The van der Waals surface area contributed by atoms with E-state index in [4.69, 9.17) is 28.7 Å². The molecular weight excluding hydrogens is 522 g/mol. The van der Waals surface area contributed by atoms with Gasteiger partial charge in [-0.25, -0.2) is 4.98 Å². The molecule has 9 heteroatoms. The van der Waals surface area contributed by atoms with E-state index in [1.54, 1.807) is 19.2 Å². The summed E-state index contributed by atoms with van der Waals surface area (Å²) in [5.74, 6) is 3.20. The fourth-order valence-corrected chi connectivity index (χ4v) is 4.64. The Morgan fingerprint density at radius 2 is 1.61 bits per heavy atom. The highest BCUT2D eigenvalue weighted by Crippen LogP contribution is 2.38. The Morgan fingerprint density at radius 3 is 2.29 bits per heavy atom. The van der Waals surface area contributed by atoms with Crippen molar-refractivity contribution in [3.63, 3.8) is 0 Å². The molecule has 0 spiro atoms. The molecular formula is C32H37N3O6. The molecule has 0 unspecified atom stereocenters. The van der Waals surface area contributed by atoms with Crippen LogP contribution in [0.2, 0.25) is 0 Å². The number of methoxy groups -OCH3 is 4. The van der Waals surface area contributed by atoms with Crippen LogP contribution in [-0.4, -0.2) is 50.5 Å². The first-order valence-electron chi connectivity index (χ1n) is 13.5. The molecule has 41 heavy (non-hydrogen) atoms. The maximum atomic E-state index is 13.1. The number of carbonyl (C=O) groups excluding carboxylic acids is 1. The van der Waals surface area contributed by atoms with Gasteiger partial charge in [0.15, 0.2) is 23.0 Å². The van der Waals surface area contributed by atoms with Crippen LogP contribution in [0.1, 0.15) is 41.5 Å². The van der Waals surface area contributed by atoms with Crippen molar-refractivity contribution >= 4 is 23.0 Å². The average Bonchev–Trinajstić information content (AvgIpc) is 3.36. The molecule has 9 nitrogen and oxygen atoms in total. The molecule has 1 amide bonds. The van der Waals surface area contributed by atoms with Gasteiger partial charge in [0.2, 0.25) is 5.75 Å². The summed E-state index contributed by atoms with van der Waals surface area (Å²) in [4.78, 5) is 17.9.